The first-order valence-corrected chi connectivity index (χ1v) is 17.1. The number of alkyl carbamates (subject to hydrolysis) is 2. The molecule has 1 unspecified atom stereocenters. The van der Waals surface area contributed by atoms with Gasteiger partial charge in [0, 0.05) is 5.56 Å². The number of nitrogens with one attached hydrogen (secondary N) is 3. The smallest absolute Gasteiger partial charge is 0.414 e. The fraction of sp³-hybridized carbons (Fsp3) is 0.343. The second-order valence-electron chi connectivity index (χ2n) is 12.8. The number of amides is 3. The highest BCUT2D eigenvalue weighted by Crippen LogP contribution is 2.29. The lowest BCUT2D eigenvalue weighted by Gasteiger charge is -2.25. The van der Waals surface area contributed by atoms with E-state index in [1.165, 1.54) is 42.5 Å². The van der Waals surface area contributed by atoms with Crippen LogP contribution in [0.1, 0.15) is 76.9 Å². The highest BCUT2D eigenvalue weighted by atomic mass is 32.2. The molecule has 50 heavy (non-hydrogen) atoms. The summed E-state index contributed by atoms with van der Waals surface area (Å²) in [7, 11) is -4.55. The topological polar surface area (TPSA) is 182 Å². The zero-order chi connectivity index (χ0) is 37.1. The number of benzene rings is 3. The number of hydrogen-bond donors (Lipinski definition) is 3. The van der Waals surface area contributed by atoms with E-state index >= 15 is 0 Å². The molecular formula is C35H43N5O9S. The summed E-state index contributed by atoms with van der Waals surface area (Å²) in [5, 5.41) is 11.6. The molecule has 0 aliphatic rings. The largest absolute Gasteiger partial charge is 0.466 e. The minimum absolute atomic E-state index is 0.0800. The number of hydrogen-bond acceptors (Lipinski definition) is 10. The maximum atomic E-state index is 14.2. The molecule has 15 heteroatoms. The molecule has 0 heterocycles. The Morgan fingerprint density at radius 3 is 1.84 bits per heavy atom. The SMILES string of the molecule is CCOC(=O)CC(NC(=O)c1ccccc1)c1cccc(N(N=C(NC(=O)OC(C)(C)C)NC(=O)OC(C)(C)C)S(=O)(=O)c2ccccc2)c1. The number of carbonyl (C=O) groups excluding carboxylic acids is 4. The summed E-state index contributed by atoms with van der Waals surface area (Å²) < 4.78 is 44.7. The van der Waals surface area contributed by atoms with Crippen molar-refractivity contribution in [2.45, 2.75) is 77.0 Å². The van der Waals surface area contributed by atoms with Crippen LogP contribution in [0.4, 0.5) is 15.3 Å². The summed E-state index contributed by atoms with van der Waals surface area (Å²) in [5.74, 6) is -1.73. The summed E-state index contributed by atoms with van der Waals surface area (Å²) in [4.78, 5) is 51.3. The summed E-state index contributed by atoms with van der Waals surface area (Å²) >= 11 is 0. The van der Waals surface area contributed by atoms with E-state index in [9.17, 15) is 27.6 Å². The maximum absolute atomic E-state index is 14.2. The minimum atomic E-state index is -4.55. The Hall–Kier alpha value is -5.44. The van der Waals surface area contributed by atoms with Crippen LogP contribution < -0.4 is 20.4 Å². The predicted octanol–water partition coefficient (Wildman–Crippen LogP) is 5.63. The van der Waals surface area contributed by atoms with Crippen LogP contribution in [0.15, 0.2) is 94.9 Å². The number of ether oxygens (including phenoxy) is 3. The van der Waals surface area contributed by atoms with Crippen molar-refractivity contribution in [2.75, 3.05) is 11.0 Å². The highest BCUT2D eigenvalue weighted by molar-refractivity contribution is 7.92. The zero-order valence-corrected chi connectivity index (χ0v) is 29.9. The average molecular weight is 710 g/mol. The van der Waals surface area contributed by atoms with Gasteiger partial charge in [0.05, 0.1) is 29.7 Å². The monoisotopic (exact) mass is 709 g/mol. The summed E-state index contributed by atoms with van der Waals surface area (Å²) in [6, 6.07) is 20.6. The predicted molar refractivity (Wildman–Crippen MR) is 187 cm³/mol. The average Bonchev–Trinajstić information content (AvgIpc) is 3.02. The van der Waals surface area contributed by atoms with Gasteiger partial charge in [-0.05, 0) is 90.4 Å². The van der Waals surface area contributed by atoms with E-state index in [2.05, 4.69) is 21.1 Å². The van der Waals surface area contributed by atoms with Gasteiger partial charge in [-0.2, -0.15) is 12.8 Å². The van der Waals surface area contributed by atoms with Crippen molar-refractivity contribution in [2.24, 2.45) is 5.10 Å². The van der Waals surface area contributed by atoms with Gasteiger partial charge in [-0.15, -0.1) is 5.10 Å². The van der Waals surface area contributed by atoms with E-state index in [-0.39, 0.29) is 23.6 Å². The Kier molecular flexibility index (Phi) is 13.1. The maximum Gasteiger partial charge on any atom is 0.414 e. The second-order valence-corrected chi connectivity index (χ2v) is 14.5. The normalized spacial score (nSPS) is 12.1. The van der Waals surface area contributed by atoms with Gasteiger partial charge in [0.15, 0.2) is 0 Å². The molecule has 3 rings (SSSR count). The molecule has 3 amide bonds. The van der Waals surface area contributed by atoms with Gasteiger partial charge in [-0.1, -0.05) is 48.5 Å². The Morgan fingerprint density at radius 1 is 0.780 bits per heavy atom. The molecule has 14 nitrogen and oxygen atoms in total. The molecule has 0 saturated heterocycles. The van der Waals surface area contributed by atoms with Gasteiger partial charge in [0.1, 0.15) is 11.2 Å². The summed E-state index contributed by atoms with van der Waals surface area (Å²) in [5.41, 5.74) is -1.33. The van der Waals surface area contributed by atoms with Crippen LogP contribution in [0.2, 0.25) is 0 Å². The lowest BCUT2D eigenvalue weighted by molar-refractivity contribution is -0.143. The van der Waals surface area contributed by atoms with Crippen LogP contribution in [-0.4, -0.2) is 56.2 Å². The molecular weight excluding hydrogens is 666 g/mol. The van der Waals surface area contributed by atoms with Gasteiger partial charge < -0.3 is 19.5 Å². The van der Waals surface area contributed by atoms with Gasteiger partial charge in [0.2, 0.25) is 5.96 Å². The number of rotatable bonds is 10. The number of carbonyl (C=O) groups is 4. The van der Waals surface area contributed by atoms with Crippen LogP contribution in [0.5, 0.6) is 0 Å². The van der Waals surface area contributed by atoms with Crippen molar-refractivity contribution in [1.29, 1.82) is 0 Å². The molecule has 0 radical (unpaired) electrons. The molecule has 0 spiro atoms. The van der Waals surface area contributed by atoms with E-state index in [4.69, 9.17) is 14.2 Å². The molecule has 0 aromatic heterocycles. The Labute approximate surface area is 292 Å². The van der Waals surface area contributed by atoms with Gasteiger partial charge in [0.25, 0.3) is 15.9 Å². The lowest BCUT2D eigenvalue weighted by atomic mass is 10.0. The number of esters is 1. The molecule has 268 valence electrons. The van der Waals surface area contributed by atoms with Crippen LogP contribution in [0.25, 0.3) is 0 Å². The molecule has 0 aliphatic heterocycles. The van der Waals surface area contributed by atoms with Gasteiger partial charge >= 0.3 is 18.2 Å². The molecule has 1 atom stereocenters. The lowest BCUT2D eigenvalue weighted by Crippen LogP contribution is -2.48. The fourth-order valence-corrected chi connectivity index (χ4v) is 5.53. The number of anilines is 1. The first-order chi connectivity index (χ1) is 23.4. The van der Waals surface area contributed by atoms with Gasteiger partial charge in [-0.25, -0.2) is 9.59 Å². The number of hydrazone groups is 1. The molecule has 0 bridgehead atoms. The molecule has 3 N–H and O–H groups in total. The van der Waals surface area contributed by atoms with Gasteiger partial charge in [-0.3, -0.25) is 20.2 Å². The third kappa shape index (κ3) is 12.2. The first-order valence-electron chi connectivity index (χ1n) is 15.7. The summed E-state index contributed by atoms with van der Waals surface area (Å²) in [6.45, 7) is 11.5. The fourth-order valence-electron chi connectivity index (χ4n) is 4.25. The molecule has 3 aromatic rings. The van der Waals surface area contributed by atoms with E-state index in [1.807, 2.05) is 0 Å². The summed E-state index contributed by atoms with van der Waals surface area (Å²) in [6.07, 6.45) is -2.37. The molecule has 0 aliphatic carbocycles. The number of nitrogens with zero attached hydrogens (tertiary/aromatic N) is 2. The van der Waals surface area contributed by atoms with Crippen LogP contribution >= 0.6 is 0 Å². The van der Waals surface area contributed by atoms with Crippen molar-refractivity contribution in [3.8, 4) is 0 Å². The second kappa shape index (κ2) is 16.8. The van der Waals surface area contributed by atoms with Crippen LogP contribution in [-0.2, 0) is 29.0 Å². The Balaban J connectivity index is 2.19. The van der Waals surface area contributed by atoms with Crippen molar-refractivity contribution in [3.05, 3.63) is 96.1 Å². The highest BCUT2D eigenvalue weighted by Gasteiger charge is 2.30. The van der Waals surface area contributed by atoms with E-state index in [1.54, 1.807) is 90.9 Å². The van der Waals surface area contributed by atoms with Crippen LogP contribution in [0.3, 0.4) is 0 Å². The third-order valence-corrected chi connectivity index (χ3v) is 7.82. The number of sulfonamides is 1. The standard InChI is InChI=1S/C35H43N5O9S/c1-8-47-29(41)23-28(36-30(42)24-16-11-9-12-17-24)25-18-15-19-26(22-25)40(50(45,46)27-20-13-10-14-21-27)39-31(37-32(43)48-34(2,3)4)38-33(44)49-35(5,6)7/h9-22,28H,8,23H2,1-7H3,(H,36,42)(H2,37,38,39,43,44). The van der Waals surface area contributed by atoms with Crippen molar-refractivity contribution in [3.63, 3.8) is 0 Å². The Morgan fingerprint density at radius 2 is 1.32 bits per heavy atom. The van der Waals surface area contributed by atoms with Crippen LogP contribution in [0, 0.1) is 0 Å². The Bertz CT molecular complexity index is 1750. The molecule has 0 saturated carbocycles. The van der Waals surface area contributed by atoms with E-state index < -0.39 is 57.3 Å². The minimum Gasteiger partial charge on any atom is -0.466 e. The third-order valence-electron chi connectivity index (χ3n) is 6.21. The quantitative estimate of drug-likeness (QED) is 0.0791. The van der Waals surface area contributed by atoms with Crippen molar-refractivity contribution in [1.82, 2.24) is 16.0 Å². The van der Waals surface area contributed by atoms with Crippen molar-refractivity contribution < 1.29 is 41.8 Å². The molecule has 3 aromatic carbocycles. The number of guanidine groups is 1. The van der Waals surface area contributed by atoms with Crippen molar-refractivity contribution >= 4 is 45.7 Å². The zero-order valence-electron chi connectivity index (χ0n) is 29.1. The molecule has 0 fully saturated rings. The first kappa shape index (κ1) is 39.0. The van der Waals surface area contributed by atoms with E-state index in [0.717, 1.165) is 0 Å². The van der Waals surface area contributed by atoms with E-state index in [0.29, 0.717) is 15.5 Å².